The highest BCUT2D eigenvalue weighted by molar-refractivity contribution is 8.02. The lowest BCUT2D eigenvalue weighted by Gasteiger charge is -2.42. The number of urea groups is 1. The van der Waals surface area contributed by atoms with Crippen LogP contribution in [0.25, 0.3) is 0 Å². The zero-order chi connectivity index (χ0) is 29.5. The second-order valence-electron chi connectivity index (χ2n) is 9.73. The Labute approximate surface area is 244 Å². The fourth-order valence-electron chi connectivity index (χ4n) is 5.11. The van der Waals surface area contributed by atoms with Gasteiger partial charge < -0.3 is 25.5 Å². The number of piperazine rings is 1. The van der Waals surface area contributed by atoms with Gasteiger partial charge in [-0.3, -0.25) is 28.9 Å². The summed E-state index contributed by atoms with van der Waals surface area (Å²) in [4.78, 5) is 80.4. The Kier molecular flexibility index (Phi) is 7.66. The molecule has 0 unspecified atom stereocenters. The zero-order valence-corrected chi connectivity index (χ0v) is 23.4. The van der Waals surface area contributed by atoms with Gasteiger partial charge in [-0.15, -0.1) is 11.8 Å². The SMILES string of the molecule is CCN1CCN(C(=O)N[C@@H](C(=O)N[C@@H]2C(=O)N3C[C@@](C(=O)O)(c4ccc(Cl)cc4)S[C@H]23)c2ccccc2)C(=O)C1=O. The Morgan fingerprint density at radius 1 is 1.05 bits per heavy atom. The van der Waals surface area contributed by atoms with Gasteiger partial charge in [0.1, 0.15) is 17.5 Å². The summed E-state index contributed by atoms with van der Waals surface area (Å²) in [6, 6.07) is 11.3. The van der Waals surface area contributed by atoms with Gasteiger partial charge in [-0.05, 0) is 30.2 Å². The van der Waals surface area contributed by atoms with Crippen molar-refractivity contribution < 1.29 is 33.9 Å². The first-order valence-electron chi connectivity index (χ1n) is 12.8. The van der Waals surface area contributed by atoms with E-state index in [1.165, 1.54) is 9.80 Å². The summed E-state index contributed by atoms with van der Waals surface area (Å²) in [5.74, 6) is -4.12. The molecule has 5 rings (SSSR count). The smallest absolute Gasteiger partial charge is 0.326 e. The number of nitrogens with one attached hydrogen (secondary N) is 2. The molecule has 14 heteroatoms. The number of rotatable bonds is 7. The minimum absolute atomic E-state index is 0.0376. The second kappa shape index (κ2) is 11.1. The summed E-state index contributed by atoms with van der Waals surface area (Å²) in [5.41, 5.74) is 0.844. The minimum Gasteiger partial charge on any atom is -0.480 e. The van der Waals surface area contributed by atoms with Crippen LogP contribution >= 0.6 is 23.4 Å². The van der Waals surface area contributed by atoms with Gasteiger partial charge in [0.15, 0.2) is 4.75 Å². The number of hydrogen-bond acceptors (Lipinski definition) is 7. The first-order chi connectivity index (χ1) is 19.6. The Morgan fingerprint density at radius 3 is 2.37 bits per heavy atom. The molecule has 0 spiro atoms. The number of likely N-dealkylation sites (N-methyl/N-ethyl adjacent to an activating group) is 1. The van der Waals surface area contributed by atoms with Crippen molar-refractivity contribution in [1.29, 1.82) is 0 Å². The fourth-order valence-corrected chi connectivity index (χ4v) is 6.86. The predicted octanol–water partition coefficient (Wildman–Crippen LogP) is 1.16. The lowest BCUT2D eigenvalue weighted by atomic mass is 9.95. The molecule has 3 aliphatic rings. The molecule has 6 amide bonds. The molecule has 3 saturated heterocycles. The zero-order valence-electron chi connectivity index (χ0n) is 21.8. The molecule has 12 nitrogen and oxygen atoms in total. The molecule has 0 aliphatic carbocycles. The average molecular weight is 600 g/mol. The van der Waals surface area contributed by atoms with E-state index >= 15 is 0 Å². The van der Waals surface area contributed by atoms with Crippen molar-refractivity contribution in [2.45, 2.75) is 29.1 Å². The maximum absolute atomic E-state index is 13.5. The first-order valence-corrected chi connectivity index (χ1v) is 14.1. The lowest BCUT2D eigenvalue weighted by Crippen LogP contribution is -2.68. The van der Waals surface area contributed by atoms with Gasteiger partial charge in [0.25, 0.3) is 0 Å². The standard InChI is InChI=1S/C27H26ClN5O7S/c1-2-31-12-13-32(23(37)22(31)36)26(40)30-18(15-6-4-3-5-7-15)20(34)29-19-21(35)33-14-27(25(38)39,41-24(19)33)16-8-10-17(28)11-9-16/h3-11,18-19,24H,2,12-14H2,1H3,(H,29,34)(H,30,40)(H,38,39)/t18-,19-,24-,27+/m1/s1. The van der Waals surface area contributed by atoms with Gasteiger partial charge in [0.2, 0.25) is 11.8 Å². The number of β-lactam (4-membered cyclic amide) rings is 1. The van der Waals surface area contributed by atoms with Crippen molar-refractivity contribution in [2.24, 2.45) is 0 Å². The maximum Gasteiger partial charge on any atom is 0.326 e. The number of nitrogens with zero attached hydrogens (tertiary/aromatic N) is 3. The first kappa shape index (κ1) is 28.4. The highest BCUT2D eigenvalue weighted by Gasteiger charge is 2.63. The van der Waals surface area contributed by atoms with E-state index < -0.39 is 57.8 Å². The molecule has 0 radical (unpaired) electrons. The van der Waals surface area contributed by atoms with Crippen LogP contribution in [0.15, 0.2) is 54.6 Å². The number of aliphatic carboxylic acids is 1. The Bertz CT molecular complexity index is 1420. The summed E-state index contributed by atoms with van der Waals surface area (Å²) in [7, 11) is 0. The van der Waals surface area contributed by atoms with E-state index in [-0.39, 0.29) is 19.6 Å². The van der Waals surface area contributed by atoms with Gasteiger partial charge >= 0.3 is 23.8 Å². The molecule has 3 aliphatic heterocycles. The van der Waals surface area contributed by atoms with Crippen molar-refractivity contribution in [3.8, 4) is 0 Å². The molecule has 3 fully saturated rings. The summed E-state index contributed by atoms with van der Waals surface area (Å²) >= 11 is 7.02. The maximum atomic E-state index is 13.5. The van der Waals surface area contributed by atoms with Gasteiger partial charge in [-0.2, -0.15) is 0 Å². The summed E-state index contributed by atoms with van der Waals surface area (Å²) in [6.07, 6.45) is 0. The van der Waals surface area contributed by atoms with Crippen LogP contribution in [0.1, 0.15) is 24.1 Å². The number of halogens is 1. The molecule has 3 heterocycles. The van der Waals surface area contributed by atoms with E-state index in [1.807, 2.05) is 0 Å². The highest BCUT2D eigenvalue weighted by atomic mass is 35.5. The van der Waals surface area contributed by atoms with E-state index in [2.05, 4.69) is 10.6 Å². The quantitative estimate of drug-likeness (QED) is 0.316. The lowest BCUT2D eigenvalue weighted by molar-refractivity contribution is -0.153. The third kappa shape index (κ3) is 4.99. The number of carbonyl (C=O) groups excluding carboxylic acids is 5. The van der Waals surface area contributed by atoms with Crippen LogP contribution in [0.5, 0.6) is 0 Å². The molecule has 2 aromatic rings. The number of carboxylic acid groups (broad SMARTS) is 1. The van der Waals surface area contributed by atoms with E-state index in [4.69, 9.17) is 11.6 Å². The van der Waals surface area contributed by atoms with Crippen molar-refractivity contribution in [3.63, 3.8) is 0 Å². The van der Waals surface area contributed by atoms with Crippen molar-refractivity contribution in [2.75, 3.05) is 26.2 Å². The Morgan fingerprint density at radius 2 is 1.73 bits per heavy atom. The fraction of sp³-hybridized carbons (Fsp3) is 0.333. The van der Waals surface area contributed by atoms with E-state index in [1.54, 1.807) is 61.5 Å². The molecule has 0 saturated carbocycles. The Balaban J connectivity index is 1.34. The monoisotopic (exact) mass is 599 g/mol. The average Bonchev–Trinajstić information content (AvgIpc) is 3.34. The molecule has 4 atom stereocenters. The van der Waals surface area contributed by atoms with Crippen LogP contribution < -0.4 is 10.6 Å². The molecule has 0 bridgehead atoms. The molecule has 3 N–H and O–H groups in total. The van der Waals surface area contributed by atoms with E-state index in [9.17, 15) is 33.9 Å². The van der Waals surface area contributed by atoms with Crippen LogP contribution in [0.3, 0.4) is 0 Å². The summed E-state index contributed by atoms with van der Waals surface area (Å²) in [5, 5.41) is 15.1. The minimum atomic E-state index is -1.45. The third-order valence-corrected chi connectivity index (χ3v) is 9.37. The summed E-state index contributed by atoms with van der Waals surface area (Å²) in [6.45, 7) is 2.08. The van der Waals surface area contributed by atoms with Gasteiger partial charge in [0, 0.05) is 24.7 Å². The van der Waals surface area contributed by atoms with E-state index in [0.717, 1.165) is 16.7 Å². The number of hydrogen-bond donors (Lipinski definition) is 3. The number of thioether (sulfide) groups is 1. The van der Waals surface area contributed by atoms with Gasteiger partial charge in [-0.25, -0.2) is 4.79 Å². The van der Waals surface area contributed by atoms with Crippen LogP contribution in [-0.2, 0) is 28.7 Å². The number of carbonyl (C=O) groups is 6. The molecule has 214 valence electrons. The second-order valence-corrected chi connectivity index (χ2v) is 11.6. The van der Waals surface area contributed by atoms with Crippen LogP contribution in [0.4, 0.5) is 4.79 Å². The predicted molar refractivity (Wildman–Crippen MR) is 147 cm³/mol. The van der Waals surface area contributed by atoms with Gasteiger partial charge in [-0.1, -0.05) is 54.1 Å². The Hall–Kier alpha value is -4.10. The normalized spacial score (nSPS) is 24.4. The molecular weight excluding hydrogens is 574 g/mol. The number of fused-ring (bicyclic) bond motifs is 1. The summed E-state index contributed by atoms with van der Waals surface area (Å²) < 4.78 is -1.45. The number of benzene rings is 2. The molecule has 0 aromatic heterocycles. The highest BCUT2D eigenvalue weighted by Crippen LogP contribution is 2.52. The molecule has 41 heavy (non-hydrogen) atoms. The third-order valence-electron chi connectivity index (χ3n) is 7.41. The van der Waals surface area contributed by atoms with Crippen LogP contribution in [-0.4, -0.2) is 93.0 Å². The van der Waals surface area contributed by atoms with Crippen molar-refractivity contribution in [1.82, 2.24) is 25.3 Å². The van der Waals surface area contributed by atoms with Crippen LogP contribution in [0, 0.1) is 0 Å². The number of carboxylic acids is 1. The topological polar surface area (TPSA) is 156 Å². The number of imide groups is 1. The molecular formula is C27H26ClN5O7S. The largest absolute Gasteiger partial charge is 0.480 e. The molecule has 2 aromatic carbocycles. The van der Waals surface area contributed by atoms with E-state index in [0.29, 0.717) is 22.7 Å². The van der Waals surface area contributed by atoms with Crippen molar-refractivity contribution in [3.05, 3.63) is 70.7 Å². The van der Waals surface area contributed by atoms with Crippen LogP contribution in [0.2, 0.25) is 5.02 Å². The van der Waals surface area contributed by atoms with Gasteiger partial charge in [0.05, 0.1) is 6.54 Å². The number of amides is 6. The van der Waals surface area contributed by atoms with Crippen molar-refractivity contribution >= 4 is 59.0 Å².